The third kappa shape index (κ3) is 3.02. The van der Waals surface area contributed by atoms with E-state index in [0.29, 0.717) is 0 Å². The summed E-state index contributed by atoms with van der Waals surface area (Å²) in [5.41, 5.74) is 6.87. The van der Waals surface area contributed by atoms with Crippen molar-refractivity contribution in [3.63, 3.8) is 0 Å². The Hall–Kier alpha value is -2.00. The summed E-state index contributed by atoms with van der Waals surface area (Å²) in [7, 11) is 0. The standard InChI is InChI=1S/C24H30O3/c1-13-9-15(23(3,4)5)11-17-19(13)25-22-18-12-16(24(6,7)8)10-14(2)20(18)26-21(17)27-22/h9-12,21-22H,1-8H3. The van der Waals surface area contributed by atoms with Crippen LogP contribution >= 0.6 is 0 Å². The molecule has 2 aliphatic heterocycles. The molecule has 3 heteroatoms. The lowest BCUT2D eigenvalue weighted by Gasteiger charge is -2.40. The minimum atomic E-state index is -0.425. The molecule has 2 atom stereocenters. The average molecular weight is 367 g/mol. The van der Waals surface area contributed by atoms with Gasteiger partial charge in [-0.05, 0) is 59.1 Å². The van der Waals surface area contributed by atoms with Gasteiger partial charge in [-0.2, -0.15) is 0 Å². The van der Waals surface area contributed by atoms with Gasteiger partial charge in [-0.1, -0.05) is 53.7 Å². The van der Waals surface area contributed by atoms with E-state index >= 15 is 0 Å². The molecule has 144 valence electrons. The lowest BCUT2D eigenvalue weighted by Crippen LogP contribution is -2.32. The summed E-state index contributed by atoms with van der Waals surface area (Å²) < 4.78 is 18.9. The molecule has 2 aliphatic rings. The molecule has 2 unspecified atom stereocenters. The Labute approximate surface area is 162 Å². The van der Waals surface area contributed by atoms with Gasteiger partial charge < -0.3 is 9.47 Å². The van der Waals surface area contributed by atoms with Crippen LogP contribution in [0.2, 0.25) is 0 Å². The van der Waals surface area contributed by atoms with Gasteiger partial charge in [-0.25, -0.2) is 0 Å². The van der Waals surface area contributed by atoms with Gasteiger partial charge in [0.25, 0.3) is 0 Å². The largest absolute Gasteiger partial charge is 0.459 e. The van der Waals surface area contributed by atoms with E-state index in [1.165, 1.54) is 11.1 Å². The van der Waals surface area contributed by atoms with Crippen LogP contribution in [0.3, 0.4) is 0 Å². The molecule has 2 heterocycles. The second-order valence-corrected chi connectivity index (χ2v) is 9.96. The first kappa shape index (κ1) is 18.4. The van der Waals surface area contributed by atoms with E-state index in [9.17, 15) is 0 Å². The first-order valence-electron chi connectivity index (χ1n) is 9.74. The van der Waals surface area contributed by atoms with Crippen LogP contribution in [-0.4, -0.2) is 0 Å². The second-order valence-electron chi connectivity index (χ2n) is 9.96. The maximum absolute atomic E-state index is 6.35. The quantitative estimate of drug-likeness (QED) is 0.540. The van der Waals surface area contributed by atoms with Crippen molar-refractivity contribution in [1.82, 2.24) is 0 Å². The number of hydrogen-bond acceptors (Lipinski definition) is 3. The number of ether oxygens (including phenoxy) is 3. The Morgan fingerprint density at radius 1 is 0.630 bits per heavy atom. The van der Waals surface area contributed by atoms with Crippen LogP contribution in [-0.2, 0) is 15.6 Å². The Morgan fingerprint density at radius 3 is 1.33 bits per heavy atom. The lowest BCUT2D eigenvalue weighted by molar-refractivity contribution is -0.228. The summed E-state index contributed by atoms with van der Waals surface area (Å²) in [5.74, 6) is 1.79. The maximum atomic E-state index is 6.35. The molecule has 0 fully saturated rings. The van der Waals surface area contributed by atoms with Gasteiger partial charge in [-0.15, -0.1) is 0 Å². The SMILES string of the molecule is Cc1cc(C(C)(C)C)cc2c1OC1OC2Oc2c(C)cc(C(C)(C)C)cc21. The molecule has 0 aromatic heterocycles. The Balaban J connectivity index is 1.82. The molecule has 0 saturated heterocycles. The maximum Gasteiger partial charge on any atom is 0.233 e. The molecule has 2 aromatic rings. The van der Waals surface area contributed by atoms with E-state index in [1.54, 1.807) is 0 Å². The first-order chi connectivity index (χ1) is 12.4. The lowest BCUT2D eigenvalue weighted by atomic mass is 9.83. The van der Waals surface area contributed by atoms with Crippen LogP contribution in [0.25, 0.3) is 0 Å². The summed E-state index contributed by atoms with van der Waals surface area (Å²) in [6, 6.07) is 8.79. The third-order valence-corrected chi connectivity index (χ3v) is 5.54. The molecule has 3 nitrogen and oxygen atoms in total. The minimum absolute atomic E-state index is 0.0563. The van der Waals surface area contributed by atoms with Crippen molar-refractivity contribution in [3.05, 3.63) is 57.6 Å². The molecule has 2 aromatic carbocycles. The van der Waals surface area contributed by atoms with Crippen molar-refractivity contribution in [2.75, 3.05) is 0 Å². The molecule has 0 radical (unpaired) electrons. The zero-order valence-corrected chi connectivity index (χ0v) is 17.7. The Kier molecular flexibility index (Phi) is 3.91. The molecule has 2 bridgehead atoms. The first-order valence-corrected chi connectivity index (χ1v) is 9.74. The summed E-state index contributed by atoms with van der Waals surface area (Å²) in [6.07, 6.45) is -0.849. The molecule has 0 N–H and O–H groups in total. The van der Waals surface area contributed by atoms with Gasteiger partial charge in [0, 0.05) is 0 Å². The van der Waals surface area contributed by atoms with Crippen molar-refractivity contribution in [2.24, 2.45) is 0 Å². The van der Waals surface area contributed by atoms with Crippen molar-refractivity contribution < 1.29 is 14.2 Å². The van der Waals surface area contributed by atoms with E-state index in [2.05, 4.69) is 79.7 Å². The van der Waals surface area contributed by atoms with E-state index in [0.717, 1.165) is 33.8 Å². The smallest absolute Gasteiger partial charge is 0.233 e. The van der Waals surface area contributed by atoms with Crippen molar-refractivity contribution in [3.8, 4) is 11.5 Å². The van der Waals surface area contributed by atoms with Crippen LogP contribution in [0.5, 0.6) is 11.5 Å². The van der Waals surface area contributed by atoms with E-state index in [4.69, 9.17) is 14.2 Å². The molecule has 0 spiro atoms. The van der Waals surface area contributed by atoms with Crippen LogP contribution in [0, 0.1) is 13.8 Å². The molecular weight excluding hydrogens is 336 g/mol. The number of fused-ring (bicyclic) bond motifs is 6. The molecule has 0 amide bonds. The van der Waals surface area contributed by atoms with Gasteiger partial charge in [0.05, 0.1) is 11.1 Å². The number of benzene rings is 2. The molecule has 27 heavy (non-hydrogen) atoms. The van der Waals surface area contributed by atoms with Gasteiger partial charge in [-0.3, -0.25) is 4.74 Å². The van der Waals surface area contributed by atoms with E-state index < -0.39 is 12.6 Å². The summed E-state index contributed by atoms with van der Waals surface area (Å²) in [4.78, 5) is 0. The van der Waals surface area contributed by atoms with Crippen LogP contribution < -0.4 is 9.47 Å². The predicted octanol–water partition coefficient (Wildman–Crippen LogP) is 6.40. The third-order valence-electron chi connectivity index (χ3n) is 5.54. The average Bonchev–Trinajstić information content (AvgIpc) is 2.54. The summed E-state index contributed by atoms with van der Waals surface area (Å²) >= 11 is 0. The van der Waals surface area contributed by atoms with Crippen molar-refractivity contribution in [1.29, 1.82) is 0 Å². The highest BCUT2D eigenvalue weighted by Crippen LogP contribution is 2.51. The minimum Gasteiger partial charge on any atom is -0.459 e. The number of hydrogen-bond donors (Lipinski definition) is 0. The van der Waals surface area contributed by atoms with Gasteiger partial charge in [0.15, 0.2) is 0 Å². The van der Waals surface area contributed by atoms with Crippen molar-refractivity contribution >= 4 is 0 Å². The fourth-order valence-electron chi connectivity index (χ4n) is 3.80. The van der Waals surface area contributed by atoms with Crippen LogP contribution in [0.1, 0.15) is 87.5 Å². The predicted molar refractivity (Wildman–Crippen MR) is 108 cm³/mol. The van der Waals surface area contributed by atoms with Gasteiger partial charge in [0.1, 0.15) is 11.5 Å². The highest BCUT2D eigenvalue weighted by Gasteiger charge is 2.40. The highest BCUT2D eigenvalue weighted by molar-refractivity contribution is 5.53. The molecule has 0 saturated carbocycles. The Morgan fingerprint density at radius 2 is 1.00 bits per heavy atom. The van der Waals surface area contributed by atoms with Gasteiger partial charge in [0.2, 0.25) is 12.6 Å². The molecule has 4 rings (SSSR count). The van der Waals surface area contributed by atoms with Crippen LogP contribution in [0.4, 0.5) is 0 Å². The van der Waals surface area contributed by atoms with E-state index in [1.807, 2.05) is 0 Å². The summed E-state index contributed by atoms with van der Waals surface area (Å²) in [5, 5.41) is 0. The Bertz CT molecular complexity index is 837. The van der Waals surface area contributed by atoms with Gasteiger partial charge >= 0.3 is 0 Å². The topological polar surface area (TPSA) is 27.7 Å². The summed E-state index contributed by atoms with van der Waals surface area (Å²) in [6.45, 7) is 17.5. The zero-order valence-electron chi connectivity index (χ0n) is 17.7. The highest BCUT2D eigenvalue weighted by atomic mass is 16.8. The fraction of sp³-hybridized carbons (Fsp3) is 0.500. The normalized spacial score (nSPS) is 21.0. The van der Waals surface area contributed by atoms with Crippen LogP contribution in [0.15, 0.2) is 24.3 Å². The monoisotopic (exact) mass is 366 g/mol. The number of aryl methyl sites for hydroxylation is 2. The second kappa shape index (κ2) is 5.75. The molecule has 0 aliphatic carbocycles. The molecular formula is C24H30O3. The fourth-order valence-corrected chi connectivity index (χ4v) is 3.80. The van der Waals surface area contributed by atoms with Crippen molar-refractivity contribution in [2.45, 2.75) is 78.8 Å². The van der Waals surface area contributed by atoms with E-state index in [-0.39, 0.29) is 10.8 Å². The number of rotatable bonds is 0. The zero-order chi connectivity index (χ0) is 19.7.